The van der Waals surface area contributed by atoms with E-state index in [2.05, 4.69) is 10.3 Å². The predicted molar refractivity (Wildman–Crippen MR) is 78.3 cm³/mol. The van der Waals surface area contributed by atoms with Gasteiger partial charge in [-0.1, -0.05) is 0 Å². The summed E-state index contributed by atoms with van der Waals surface area (Å²) in [5.41, 5.74) is 1.18. The number of aromatic amines is 1. The number of ether oxygens (including phenoxy) is 2. The zero-order valence-electron chi connectivity index (χ0n) is 12.7. The van der Waals surface area contributed by atoms with E-state index < -0.39 is 5.97 Å². The van der Waals surface area contributed by atoms with Crippen molar-refractivity contribution in [1.82, 2.24) is 4.98 Å². The van der Waals surface area contributed by atoms with Crippen LogP contribution in [-0.4, -0.2) is 36.2 Å². The monoisotopic (exact) mass is 294 g/mol. The molecule has 6 nitrogen and oxygen atoms in total. The van der Waals surface area contributed by atoms with Crippen LogP contribution in [0.25, 0.3) is 0 Å². The fourth-order valence-electron chi connectivity index (χ4n) is 2.60. The predicted octanol–water partition coefficient (Wildman–Crippen LogP) is 2.40. The number of carbonyl (C=O) groups excluding carboxylic acids is 2. The SMILES string of the molecule is CCOC(=O)c1c(NC(=O)CC2(OC)CCC2)c[nH]c1C. The molecule has 0 unspecified atom stereocenters. The molecule has 0 aromatic carbocycles. The summed E-state index contributed by atoms with van der Waals surface area (Å²) in [5, 5.41) is 2.78. The standard InChI is InChI=1S/C15H22N2O4/c1-4-21-14(19)13-10(2)16-9-11(13)17-12(18)8-15(20-3)6-5-7-15/h9,16H,4-8H2,1-3H3,(H,17,18). The molecule has 1 fully saturated rings. The highest BCUT2D eigenvalue weighted by molar-refractivity contribution is 6.02. The largest absolute Gasteiger partial charge is 0.462 e. The van der Waals surface area contributed by atoms with Crippen LogP contribution in [0.5, 0.6) is 0 Å². The van der Waals surface area contributed by atoms with Gasteiger partial charge in [-0.2, -0.15) is 0 Å². The smallest absolute Gasteiger partial charge is 0.342 e. The van der Waals surface area contributed by atoms with Crippen molar-refractivity contribution in [1.29, 1.82) is 0 Å². The number of H-pyrrole nitrogens is 1. The first-order chi connectivity index (χ1) is 10.0. The molecule has 1 saturated carbocycles. The highest BCUT2D eigenvalue weighted by atomic mass is 16.5. The molecule has 1 heterocycles. The van der Waals surface area contributed by atoms with Crippen molar-refractivity contribution in [2.45, 2.75) is 45.1 Å². The maximum absolute atomic E-state index is 12.2. The molecule has 0 aliphatic heterocycles. The Balaban J connectivity index is 2.06. The lowest BCUT2D eigenvalue weighted by Crippen LogP contribution is -2.42. The van der Waals surface area contributed by atoms with E-state index >= 15 is 0 Å². The summed E-state index contributed by atoms with van der Waals surface area (Å²) in [6.07, 6.45) is 4.79. The van der Waals surface area contributed by atoms with Gasteiger partial charge in [0.2, 0.25) is 5.91 Å². The first-order valence-corrected chi connectivity index (χ1v) is 7.21. The van der Waals surface area contributed by atoms with Crippen LogP contribution in [0.4, 0.5) is 5.69 Å². The molecule has 1 amide bonds. The van der Waals surface area contributed by atoms with Gasteiger partial charge in [-0.3, -0.25) is 4.79 Å². The molecule has 21 heavy (non-hydrogen) atoms. The van der Waals surface area contributed by atoms with Crippen LogP contribution in [0.1, 0.15) is 48.7 Å². The Labute approximate surface area is 124 Å². The highest BCUT2D eigenvalue weighted by Crippen LogP contribution is 2.38. The first-order valence-electron chi connectivity index (χ1n) is 7.21. The third kappa shape index (κ3) is 3.26. The molecule has 1 aromatic heterocycles. The Morgan fingerprint density at radius 1 is 1.43 bits per heavy atom. The van der Waals surface area contributed by atoms with Crippen molar-refractivity contribution in [3.8, 4) is 0 Å². The Hall–Kier alpha value is -1.82. The third-order valence-corrected chi connectivity index (χ3v) is 4.01. The number of hydrogen-bond acceptors (Lipinski definition) is 4. The number of nitrogens with one attached hydrogen (secondary N) is 2. The number of methoxy groups -OCH3 is 1. The molecule has 116 valence electrons. The van der Waals surface area contributed by atoms with Crippen molar-refractivity contribution < 1.29 is 19.1 Å². The quantitative estimate of drug-likeness (QED) is 0.789. The lowest BCUT2D eigenvalue weighted by atomic mass is 9.77. The van der Waals surface area contributed by atoms with Crippen molar-refractivity contribution in [2.24, 2.45) is 0 Å². The van der Waals surface area contributed by atoms with Gasteiger partial charge in [0, 0.05) is 19.0 Å². The number of rotatable bonds is 6. The molecule has 0 spiro atoms. The number of aryl methyl sites for hydroxylation is 1. The molecular weight excluding hydrogens is 272 g/mol. The van der Waals surface area contributed by atoms with Crippen molar-refractivity contribution in [3.63, 3.8) is 0 Å². The van der Waals surface area contributed by atoms with Gasteiger partial charge in [0.1, 0.15) is 5.56 Å². The van der Waals surface area contributed by atoms with Crippen LogP contribution in [0.3, 0.4) is 0 Å². The number of carbonyl (C=O) groups is 2. The minimum Gasteiger partial charge on any atom is -0.462 e. The van der Waals surface area contributed by atoms with Crippen molar-refractivity contribution >= 4 is 17.6 Å². The third-order valence-electron chi connectivity index (χ3n) is 4.01. The molecule has 1 aromatic rings. The lowest BCUT2D eigenvalue weighted by molar-refractivity contribution is -0.129. The summed E-state index contributed by atoms with van der Waals surface area (Å²) in [6, 6.07) is 0. The highest BCUT2D eigenvalue weighted by Gasteiger charge is 2.39. The second-order valence-electron chi connectivity index (χ2n) is 5.39. The van der Waals surface area contributed by atoms with Gasteiger partial charge in [0.25, 0.3) is 0 Å². The molecule has 0 bridgehead atoms. The van der Waals surface area contributed by atoms with E-state index in [1.165, 1.54) is 0 Å². The summed E-state index contributed by atoms with van der Waals surface area (Å²) in [7, 11) is 1.64. The van der Waals surface area contributed by atoms with Crippen LogP contribution in [-0.2, 0) is 14.3 Å². The van der Waals surface area contributed by atoms with Crippen LogP contribution in [0.15, 0.2) is 6.20 Å². The average molecular weight is 294 g/mol. The van der Waals surface area contributed by atoms with Gasteiger partial charge < -0.3 is 19.8 Å². The summed E-state index contributed by atoms with van der Waals surface area (Å²) >= 11 is 0. The van der Waals surface area contributed by atoms with Gasteiger partial charge in [-0.15, -0.1) is 0 Å². The lowest BCUT2D eigenvalue weighted by Gasteiger charge is -2.39. The van der Waals surface area contributed by atoms with E-state index in [9.17, 15) is 9.59 Å². The summed E-state index contributed by atoms with van der Waals surface area (Å²) in [4.78, 5) is 27.0. The van der Waals surface area contributed by atoms with Gasteiger partial charge >= 0.3 is 5.97 Å². The molecule has 2 N–H and O–H groups in total. The second kappa shape index (κ2) is 6.30. The number of aromatic nitrogens is 1. The first kappa shape index (κ1) is 15.6. The van der Waals surface area contributed by atoms with Crippen LogP contribution in [0, 0.1) is 6.92 Å². The molecule has 1 aliphatic carbocycles. The second-order valence-corrected chi connectivity index (χ2v) is 5.39. The Morgan fingerprint density at radius 2 is 2.14 bits per heavy atom. The molecule has 0 radical (unpaired) electrons. The Kier molecular flexibility index (Phi) is 4.67. The topological polar surface area (TPSA) is 80.4 Å². The molecule has 2 rings (SSSR count). The summed E-state index contributed by atoms with van der Waals surface area (Å²) in [5.74, 6) is -0.585. The molecule has 6 heteroatoms. The summed E-state index contributed by atoms with van der Waals surface area (Å²) < 4.78 is 10.5. The maximum atomic E-state index is 12.2. The zero-order valence-corrected chi connectivity index (χ0v) is 12.7. The van der Waals surface area contributed by atoms with E-state index in [0.29, 0.717) is 30.0 Å². The number of hydrogen-bond donors (Lipinski definition) is 2. The van der Waals surface area contributed by atoms with Gasteiger partial charge in [0.05, 0.1) is 24.3 Å². The van der Waals surface area contributed by atoms with Crippen molar-refractivity contribution in [3.05, 3.63) is 17.5 Å². The van der Waals surface area contributed by atoms with E-state index in [0.717, 1.165) is 19.3 Å². The van der Waals surface area contributed by atoms with Crippen LogP contribution in [0.2, 0.25) is 0 Å². The number of anilines is 1. The van der Waals surface area contributed by atoms with E-state index in [1.807, 2.05) is 0 Å². The number of amides is 1. The minimum absolute atomic E-state index is 0.152. The molecule has 1 aliphatic rings. The number of esters is 1. The molecular formula is C15H22N2O4. The maximum Gasteiger partial charge on any atom is 0.342 e. The van der Waals surface area contributed by atoms with E-state index in [4.69, 9.17) is 9.47 Å². The van der Waals surface area contributed by atoms with Gasteiger partial charge in [-0.05, 0) is 33.1 Å². The van der Waals surface area contributed by atoms with E-state index in [1.54, 1.807) is 27.2 Å². The minimum atomic E-state index is -0.434. The Morgan fingerprint density at radius 3 is 2.67 bits per heavy atom. The normalized spacial score (nSPS) is 16.1. The zero-order chi connectivity index (χ0) is 15.5. The average Bonchev–Trinajstić information content (AvgIpc) is 2.75. The summed E-state index contributed by atoms with van der Waals surface area (Å²) in [6.45, 7) is 3.81. The van der Waals surface area contributed by atoms with Gasteiger partial charge in [-0.25, -0.2) is 4.79 Å². The van der Waals surface area contributed by atoms with Crippen LogP contribution >= 0.6 is 0 Å². The van der Waals surface area contributed by atoms with Crippen molar-refractivity contribution in [2.75, 3.05) is 19.0 Å². The molecule has 0 saturated heterocycles. The fourth-order valence-corrected chi connectivity index (χ4v) is 2.60. The van der Waals surface area contributed by atoms with E-state index in [-0.39, 0.29) is 11.5 Å². The Bertz CT molecular complexity index is 526. The molecule has 0 atom stereocenters. The fraction of sp³-hybridized carbons (Fsp3) is 0.600. The van der Waals surface area contributed by atoms with Crippen LogP contribution < -0.4 is 5.32 Å². The van der Waals surface area contributed by atoms with Gasteiger partial charge in [0.15, 0.2) is 0 Å².